The van der Waals surface area contributed by atoms with Gasteiger partial charge in [0.2, 0.25) is 0 Å². The van der Waals surface area contributed by atoms with E-state index >= 15 is 0 Å². The first-order valence-electron chi connectivity index (χ1n) is 5.78. The molecular weight excluding hydrogens is 200 g/mol. The summed E-state index contributed by atoms with van der Waals surface area (Å²) in [6.45, 7) is 8.17. The number of aryl methyl sites for hydroxylation is 1. The highest BCUT2D eigenvalue weighted by atomic mass is 16.3. The Hall–Kier alpha value is -1.35. The van der Waals surface area contributed by atoms with E-state index in [0.29, 0.717) is 5.92 Å². The van der Waals surface area contributed by atoms with E-state index in [4.69, 9.17) is 4.42 Å². The van der Waals surface area contributed by atoms with Gasteiger partial charge in [-0.05, 0) is 31.2 Å². The van der Waals surface area contributed by atoms with E-state index in [-0.39, 0.29) is 0 Å². The molecule has 0 amide bonds. The van der Waals surface area contributed by atoms with Gasteiger partial charge in [0.1, 0.15) is 5.52 Å². The number of hydrogen-bond donors (Lipinski definition) is 1. The van der Waals surface area contributed by atoms with Crippen molar-refractivity contribution in [2.45, 2.75) is 26.7 Å². The first kappa shape index (κ1) is 11.1. The fourth-order valence-electron chi connectivity index (χ4n) is 1.71. The number of aromatic nitrogens is 1. The van der Waals surface area contributed by atoms with E-state index in [1.165, 1.54) is 5.56 Å². The lowest BCUT2D eigenvalue weighted by atomic mass is 10.2. The van der Waals surface area contributed by atoms with E-state index in [2.05, 4.69) is 37.1 Å². The van der Waals surface area contributed by atoms with Gasteiger partial charge in [0.15, 0.2) is 11.5 Å². The molecule has 1 aromatic heterocycles. The fourth-order valence-corrected chi connectivity index (χ4v) is 1.71. The predicted octanol–water partition coefficient (Wildman–Crippen LogP) is 2.85. The molecule has 0 aliphatic heterocycles. The largest absolute Gasteiger partial charge is 0.440 e. The zero-order valence-corrected chi connectivity index (χ0v) is 10.1. The molecule has 0 fully saturated rings. The molecule has 0 saturated heterocycles. The van der Waals surface area contributed by atoms with Gasteiger partial charge in [-0.1, -0.05) is 19.9 Å². The Bertz CT molecular complexity index is 476. The molecule has 2 rings (SSSR count). The van der Waals surface area contributed by atoms with Crippen LogP contribution in [0.3, 0.4) is 0 Å². The first-order valence-corrected chi connectivity index (χ1v) is 5.78. The van der Waals surface area contributed by atoms with Crippen molar-refractivity contribution in [1.82, 2.24) is 10.3 Å². The molecule has 2 aromatic rings. The van der Waals surface area contributed by atoms with E-state index in [1.54, 1.807) is 0 Å². The molecule has 1 unspecified atom stereocenters. The second-order valence-electron chi connectivity index (χ2n) is 4.23. The van der Waals surface area contributed by atoms with Crippen LogP contribution in [0, 0.1) is 6.92 Å². The summed E-state index contributed by atoms with van der Waals surface area (Å²) in [6, 6.07) is 6.09. The van der Waals surface area contributed by atoms with Crippen LogP contribution in [-0.2, 0) is 0 Å². The van der Waals surface area contributed by atoms with Crippen LogP contribution in [0.25, 0.3) is 11.1 Å². The van der Waals surface area contributed by atoms with E-state index in [1.807, 2.05) is 12.1 Å². The summed E-state index contributed by atoms with van der Waals surface area (Å²) in [4.78, 5) is 4.52. The number of nitrogens with one attached hydrogen (secondary N) is 1. The Balaban J connectivity index is 2.25. The maximum Gasteiger partial charge on any atom is 0.199 e. The summed E-state index contributed by atoms with van der Waals surface area (Å²) < 4.78 is 5.73. The van der Waals surface area contributed by atoms with Crippen LogP contribution in [0.5, 0.6) is 0 Å². The maximum atomic E-state index is 5.73. The smallest absolute Gasteiger partial charge is 0.199 e. The average molecular weight is 218 g/mol. The third-order valence-corrected chi connectivity index (χ3v) is 2.68. The minimum atomic E-state index is 0.313. The topological polar surface area (TPSA) is 38.1 Å². The summed E-state index contributed by atoms with van der Waals surface area (Å²) in [5.41, 5.74) is 3.05. The summed E-state index contributed by atoms with van der Waals surface area (Å²) >= 11 is 0. The lowest BCUT2D eigenvalue weighted by Gasteiger charge is -2.06. The van der Waals surface area contributed by atoms with E-state index < -0.39 is 0 Å². The second-order valence-corrected chi connectivity index (χ2v) is 4.23. The molecule has 1 N–H and O–H groups in total. The molecule has 3 heteroatoms. The number of nitrogens with zero attached hydrogens (tertiary/aromatic N) is 1. The third kappa shape index (κ3) is 2.25. The standard InChI is InChI=1S/C13H18N2O/c1-4-14-8-10(3)13-15-11-7-9(2)5-6-12(11)16-13/h5-7,10,14H,4,8H2,1-3H3. The third-order valence-electron chi connectivity index (χ3n) is 2.68. The number of benzene rings is 1. The van der Waals surface area contributed by atoms with Crippen molar-refractivity contribution in [2.24, 2.45) is 0 Å². The summed E-state index contributed by atoms with van der Waals surface area (Å²) in [6.07, 6.45) is 0. The normalized spacial score (nSPS) is 13.2. The molecule has 1 atom stereocenters. The Labute approximate surface area is 95.9 Å². The number of oxazole rings is 1. The van der Waals surface area contributed by atoms with Gasteiger partial charge in [0.05, 0.1) is 0 Å². The van der Waals surface area contributed by atoms with Crippen LogP contribution in [0.2, 0.25) is 0 Å². The van der Waals surface area contributed by atoms with Gasteiger partial charge in [0.25, 0.3) is 0 Å². The van der Waals surface area contributed by atoms with Crippen molar-refractivity contribution in [3.05, 3.63) is 29.7 Å². The zero-order chi connectivity index (χ0) is 11.5. The molecule has 86 valence electrons. The molecule has 0 radical (unpaired) electrons. The molecular formula is C13H18N2O. The van der Waals surface area contributed by atoms with Crippen LogP contribution in [0.4, 0.5) is 0 Å². The summed E-state index contributed by atoms with van der Waals surface area (Å²) in [5, 5.41) is 3.30. The van der Waals surface area contributed by atoms with Crippen LogP contribution < -0.4 is 5.32 Å². The summed E-state index contributed by atoms with van der Waals surface area (Å²) in [5.74, 6) is 1.13. The van der Waals surface area contributed by atoms with Crippen molar-refractivity contribution in [3.8, 4) is 0 Å². The highest BCUT2D eigenvalue weighted by Crippen LogP contribution is 2.21. The highest BCUT2D eigenvalue weighted by molar-refractivity contribution is 5.73. The molecule has 0 aliphatic rings. The van der Waals surface area contributed by atoms with Crippen molar-refractivity contribution >= 4 is 11.1 Å². The number of rotatable bonds is 4. The molecule has 0 saturated carbocycles. The zero-order valence-electron chi connectivity index (χ0n) is 10.1. The van der Waals surface area contributed by atoms with Gasteiger partial charge in [-0.3, -0.25) is 0 Å². The molecule has 16 heavy (non-hydrogen) atoms. The van der Waals surface area contributed by atoms with Crippen molar-refractivity contribution in [2.75, 3.05) is 13.1 Å². The first-order chi connectivity index (χ1) is 7.70. The van der Waals surface area contributed by atoms with Crippen LogP contribution in [0.15, 0.2) is 22.6 Å². The second kappa shape index (κ2) is 4.66. The Morgan fingerprint density at radius 1 is 1.44 bits per heavy atom. The van der Waals surface area contributed by atoms with E-state index in [0.717, 1.165) is 30.1 Å². The Kier molecular flexibility index (Phi) is 3.25. The molecule has 1 heterocycles. The molecule has 0 spiro atoms. The van der Waals surface area contributed by atoms with Crippen molar-refractivity contribution < 1.29 is 4.42 Å². The summed E-state index contributed by atoms with van der Waals surface area (Å²) in [7, 11) is 0. The van der Waals surface area contributed by atoms with Crippen LogP contribution in [-0.4, -0.2) is 18.1 Å². The Morgan fingerprint density at radius 2 is 2.25 bits per heavy atom. The lowest BCUT2D eigenvalue weighted by molar-refractivity contribution is 0.470. The van der Waals surface area contributed by atoms with Gasteiger partial charge >= 0.3 is 0 Å². The fraction of sp³-hybridized carbons (Fsp3) is 0.462. The number of fused-ring (bicyclic) bond motifs is 1. The van der Waals surface area contributed by atoms with Gasteiger partial charge < -0.3 is 9.73 Å². The van der Waals surface area contributed by atoms with Crippen LogP contribution in [0.1, 0.15) is 31.2 Å². The van der Waals surface area contributed by atoms with E-state index in [9.17, 15) is 0 Å². The van der Waals surface area contributed by atoms with Gasteiger partial charge in [-0.25, -0.2) is 4.98 Å². The molecule has 0 bridgehead atoms. The monoisotopic (exact) mass is 218 g/mol. The lowest BCUT2D eigenvalue weighted by Crippen LogP contribution is -2.19. The maximum absolute atomic E-state index is 5.73. The molecule has 1 aromatic carbocycles. The Morgan fingerprint density at radius 3 is 3.00 bits per heavy atom. The molecule has 0 aliphatic carbocycles. The van der Waals surface area contributed by atoms with Crippen molar-refractivity contribution in [3.63, 3.8) is 0 Å². The SMILES string of the molecule is CCNCC(C)c1nc2cc(C)ccc2o1. The van der Waals surface area contributed by atoms with Gasteiger partial charge in [-0.15, -0.1) is 0 Å². The minimum Gasteiger partial charge on any atom is -0.440 e. The number of likely N-dealkylation sites (N-methyl/N-ethyl adjacent to an activating group) is 1. The van der Waals surface area contributed by atoms with Crippen molar-refractivity contribution in [1.29, 1.82) is 0 Å². The predicted molar refractivity (Wildman–Crippen MR) is 65.7 cm³/mol. The molecule has 3 nitrogen and oxygen atoms in total. The van der Waals surface area contributed by atoms with Crippen LogP contribution >= 0.6 is 0 Å². The minimum absolute atomic E-state index is 0.313. The van der Waals surface area contributed by atoms with Gasteiger partial charge in [0, 0.05) is 12.5 Å². The quantitative estimate of drug-likeness (QED) is 0.857. The van der Waals surface area contributed by atoms with Gasteiger partial charge in [-0.2, -0.15) is 0 Å². The number of hydrogen-bond acceptors (Lipinski definition) is 3. The average Bonchev–Trinajstić information content (AvgIpc) is 2.68. The highest BCUT2D eigenvalue weighted by Gasteiger charge is 2.12.